The van der Waals surface area contributed by atoms with Gasteiger partial charge in [0.1, 0.15) is 17.3 Å². The van der Waals surface area contributed by atoms with Crippen LogP contribution in [0.5, 0.6) is 0 Å². The van der Waals surface area contributed by atoms with Crippen LogP contribution < -0.4 is 17.0 Å². The fourth-order valence-corrected chi connectivity index (χ4v) is 3.79. The van der Waals surface area contributed by atoms with Crippen molar-refractivity contribution in [1.82, 2.24) is 0 Å². The van der Waals surface area contributed by atoms with Crippen molar-refractivity contribution in [3.05, 3.63) is 11.6 Å². The summed E-state index contributed by atoms with van der Waals surface area (Å²) in [6, 6.07) is 0. The monoisotopic (exact) mass is 236 g/mol. The molecule has 1 aliphatic rings. The van der Waals surface area contributed by atoms with Crippen LogP contribution in [0.1, 0.15) is 26.7 Å². The number of hydrogen-bond acceptors (Lipinski definition) is 0. The second kappa shape index (κ2) is 6.13. The molecule has 1 heterocycles. The summed E-state index contributed by atoms with van der Waals surface area (Å²) in [6.07, 6.45) is 5.23. The fourth-order valence-electron chi connectivity index (χ4n) is 1.26. The molecule has 0 aromatic rings. The Bertz CT molecular complexity index is 126. The van der Waals surface area contributed by atoms with Gasteiger partial charge in [-0.1, -0.05) is 6.08 Å². The summed E-state index contributed by atoms with van der Waals surface area (Å²) in [5.74, 6) is 4.40. The normalized spacial score (nSPS) is 20.0. The molecule has 2 heteroatoms. The Kier molecular flexibility index (Phi) is 6.44. The Morgan fingerprint density at radius 1 is 1.36 bits per heavy atom. The zero-order valence-electron chi connectivity index (χ0n) is 7.40. The topological polar surface area (TPSA) is 0 Å². The van der Waals surface area contributed by atoms with E-state index in [9.17, 15) is 0 Å². The SMILES string of the molecule is C/C=C(/C)C[S+]1CCCC1.[Br-]. The summed E-state index contributed by atoms with van der Waals surface area (Å²) in [7, 11) is 0.774. The van der Waals surface area contributed by atoms with Crippen LogP contribution in [0.4, 0.5) is 0 Å². The molecule has 0 aliphatic carbocycles. The van der Waals surface area contributed by atoms with Gasteiger partial charge in [-0.3, -0.25) is 0 Å². The molecule has 1 rings (SSSR count). The Labute approximate surface area is 83.6 Å². The molecule has 11 heavy (non-hydrogen) atoms. The summed E-state index contributed by atoms with van der Waals surface area (Å²) in [5.41, 5.74) is 1.59. The van der Waals surface area contributed by atoms with Gasteiger partial charge in [-0.05, 0) is 43.2 Å². The Morgan fingerprint density at radius 3 is 2.36 bits per heavy atom. The van der Waals surface area contributed by atoms with E-state index in [1.54, 1.807) is 5.57 Å². The van der Waals surface area contributed by atoms with Gasteiger partial charge in [0.25, 0.3) is 0 Å². The minimum absolute atomic E-state index is 0. The van der Waals surface area contributed by atoms with Crippen molar-refractivity contribution in [2.24, 2.45) is 0 Å². The third-order valence-electron chi connectivity index (χ3n) is 2.04. The van der Waals surface area contributed by atoms with Gasteiger partial charge in [0, 0.05) is 0 Å². The largest absolute Gasteiger partial charge is 1.00 e. The van der Waals surface area contributed by atoms with E-state index in [-0.39, 0.29) is 17.0 Å². The lowest BCUT2D eigenvalue weighted by Gasteiger charge is -1.98. The van der Waals surface area contributed by atoms with Crippen molar-refractivity contribution in [3.63, 3.8) is 0 Å². The lowest BCUT2D eigenvalue weighted by molar-refractivity contribution is -0.00000226. The number of hydrogen-bond donors (Lipinski definition) is 0. The van der Waals surface area contributed by atoms with E-state index in [1.165, 1.54) is 30.1 Å². The zero-order valence-corrected chi connectivity index (χ0v) is 9.80. The van der Waals surface area contributed by atoms with Gasteiger partial charge in [-0.25, -0.2) is 0 Å². The second-order valence-electron chi connectivity index (χ2n) is 3.01. The average Bonchev–Trinajstić information content (AvgIpc) is 2.40. The predicted octanol–water partition coefficient (Wildman–Crippen LogP) is -0.631. The Morgan fingerprint density at radius 2 is 1.91 bits per heavy atom. The first-order valence-corrected chi connectivity index (χ1v) is 5.82. The van der Waals surface area contributed by atoms with Gasteiger partial charge < -0.3 is 17.0 Å². The molecule has 66 valence electrons. The average molecular weight is 237 g/mol. The Balaban J connectivity index is 0.000001000. The minimum Gasteiger partial charge on any atom is -1.00 e. The van der Waals surface area contributed by atoms with Gasteiger partial charge in [-0.15, -0.1) is 0 Å². The quantitative estimate of drug-likeness (QED) is 0.443. The molecule has 0 atom stereocenters. The third-order valence-corrected chi connectivity index (χ3v) is 4.64. The van der Waals surface area contributed by atoms with Crippen LogP contribution in [-0.4, -0.2) is 17.3 Å². The van der Waals surface area contributed by atoms with E-state index in [0.717, 1.165) is 10.9 Å². The van der Waals surface area contributed by atoms with Crippen molar-refractivity contribution in [2.45, 2.75) is 26.7 Å². The first-order valence-electron chi connectivity index (χ1n) is 4.09. The van der Waals surface area contributed by atoms with Crippen LogP contribution in [0.25, 0.3) is 0 Å². The molecule has 0 bridgehead atoms. The van der Waals surface area contributed by atoms with Crippen LogP contribution >= 0.6 is 0 Å². The number of allylic oxidation sites excluding steroid dienone is 1. The highest BCUT2D eigenvalue weighted by atomic mass is 79.9. The van der Waals surface area contributed by atoms with Crippen molar-refractivity contribution < 1.29 is 17.0 Å². The number of halogens is 1. The molecule has 0 radical (unpaired) electrons. The van der Waals surface area contributed by atoms with E-state index >= 15 is 0 Å². The molecular weight excluding hydrogens is 220 g/mol. The summed E-state index contributed by atoms with van der Waals surface area (Å²) in [6.45, 7) is 4.40. The minimum atomic E-state index is 0. The summed E-state index contributed by atoms with van der Waals surface area (Å²) < 4.78 is 0. The third kappa shape index (κ3) is 4.22. The lowest BCUT2D eigenvalue weighted by Crippen LogP contribution is -3.00. The van der Waals surface area contributed by atoms with Crippen LogP contribution in [-0.2, 0) is 10.9 Å². The molecule has 0 nitrogen and oxygen atoms in total. The van der Waals surface area contributed by atoms with Gasteiger partial charge in [0.15, 0.2) is 0 Å². The highest BCUT2D eigenvalue weighted by Gasteiger charge is 2.23. The Hall–Kier alpha value is 0.570. The van der Waals surface area contributed by atoms with Crippen LogP contribution in [0.15, 0.2) is 11.6 Å². The molecular formula is C9H17BrS. The van der Waals surface area contributed by atoms with Gasteiger partial charge in [0.05, 0.1) is 0 Å². The molecule has 0 aromatic carbocycles. The van der Waals surface area contributed by atoms with E-state index < -0.39 is 0 Å². The molecule has 0 saturated carbocycles. The molecule has 0 spiro atoms. The smallest absolute Gasteiger partial charge is 0.129 e. The van der Waals surface area contributed by atoms with Crippen molar-refractivity contribution in [3.8, 4) is 0 Å². The second-order valence-corrected chi connectivity index (χ2v) is 5.34. The molecule has 0 unspecified atom stereocenters. The number of rotatable bonds is 2. The van der Waals surface area contributed by atoms with Crippen molar-refractivity contribution in [1.29, 1.82) is 0 Å². The summed E-state index contributed by atoms with van der Waals surface area (Å²) in [4.78, 5) is 0. The zero-order chi connectivity index (χ0) is 7.40. The van der Waals surface area contributed by atoms with Crippen LogP contribution in [0.3, 0.4) is 0 Å². The predicted molar refractivity (Wildman–Crippen MR) is 50.6 cm³/mol. The maximum absolute atomic E-state index is 2.26. The summed E-state index contributed by atoms with van der Waals surface area (Å²) >= 11 is 0. The first kappa shape index (κ1) is 11.6. The first-order chi connectivity index (χ1) is 4.83. The van der Waals surface area contributed by atoms with Crippen molar-refractivity contribution >= 4 is 10.9 Å². The van der Waals surface area contributed by atoms with Gasteiger partial charge in [-0.2, -0.15) is 0 Å². The van der Waals surface area contributed by atoms with E-state index in [4.69, 9.17) is 0 Å². The molecule has 0 aromatic heterocycles. The molecule has 1 fully saturated rings. The van der Waals surface area contributed by atoms with E-state index in [2.05, 4.69) is 19.9 Å². The van der Waals surface area contributed by atoms with E-state index in [0.29, 0.717) is 0 Å². The van der Waals surface area contributed by atoms with Crippen LogP contribution in [0, 0.1) is 0 Å². The highest BCUT2D eigenvalue weighted by Crippen LogP contribution is 2.15. The maximum atomic E-state index is 2.26. The van der Waals surface area contributed by atoms with Crippen LogP contribution in [0.2, 0.25) is 0 Å². The standard InChI is InChI=1S/C9H17S.BrH/c1-3-9(2)8-10-6-4-5-7-10;/h3H,4-8H2,1-2H3;1H/q+1;/p-1/b9-3-;. The van der Waals surface area contributed by atoms with Crippen molar-refractivity contribution in [2.75, 3.05) is 17.3 Å². The maximum Gasteiger partial charge on any atom is 0.129 e. The van der Waals surface area contributed by atoms with Gasteiger partial charge >= 0.3 is 0 Å². The fraction of sp³-hybridized carbons (Fsp3) is 0.778. The molecule has 1 aliphatic heterocycles. The van der Waals surface area contributed by atoms with Gasteiger partial charge in [0.2, 0.25) is 0 Å². The summed E-state index contributed by atoms with van der Waals surface area (Å²) in [5, 5.41) is 0. The molecule has 0 N–H and O–H groups in total. The van der Waals surface area contributed by atoms with E-state index in [1.807, 2.05) is 0 Å². The highest BCUT2D eigenvalue weighted by molar-refractivity contribution is 7.97. The molecule has 1 saturated heterocycles. The molecule has 0 amide bonds. The lowest BCUT2D eigenvalue weighted by atomic mass is 10.3.